The number of ether oxygens (including phenoxy) is 3. The quantitative estimate of drug-likeness (QED) is 0.0470. The molecule has 3 aliphatic rings. The normalized spacial score (nSPS) is 19.3. The Morgan fingerprint density at radius 2 is 1.23 bits per heavy atom. The zero-order valence-electron chi connectivity index (χ0n) is 46.6. The molecule has 1 aliphatic heterocycles. The summed E-state index contributed by atoms with van der Waals surface area (Å²) in [5.41, 5.74) is 5.12. The molecule has 1 saturated heterocycles. The van der Waals surface area contributed by atoms with Gasteiger partial charge in [-0.25, -0.2) is 9.59 Å². The Hall–Kier alpha value is -6.88. The van der Waals surface area contributed by atoms with Crippen molar-refractivity contribution in [3.8, 4) is 0 Å². The van der Waals surface area contributed by atoms with Gasteiger partial charge in [0.15, 0.2) is 0 Å². The molecule has 7 atom stereocenters. The third-order valence-electron chi connectivity index (χ3n) is 14.8. The topological polar surface area (TPSA) is 211 Å². The van der Waals surface area contributed by atoms with Gasteiger partial charge in [-0.2, -0.15) is 0 Å². The van der Waals surface area contributed by atoms with Gasteiger partial charge in [0, 0.05) is 23.6 Å². The number of aryl methyl sites for hydroxylation is 2. The number of amides is 6. The number of likely N-dealkylation sites (tertiary alicyclic amines) is 1. The minimum atomic E-state index is -1.27. The number of methoxy groups -OCH3 is 1. The van der Waals surface area contributed by atoms with Crippen molar-refractivity contribution >= 4 is 53.5 Å². The van der Waals surface area contributed by atoms with Crippen LogP contribution in [-0.4, -0.2) is 101 Å². The van der Waals surface area contributed by atoms with Crippen molar-refractivity contribution in [2.24, 2.45) is 5.41 Å². The largest absolute Gasteiger partial charge is 0.468 e. The van der Waals surface area contributed by atoms with Gasteiger partial charge in [0.25, 0.3) is 0 Å². The molecule has 0 saturated carbocycles. The molecule has 3 unspecified atom stereocenters. The van der Waals surface area contributed by atoms with Gasteiger partial charge in [-0.15, -0.1) is 11.8 Å². The highest BCUT2D eigenvalue weighted by molar-refractivity contribution is 8.01. The predicted molar refractivity (Wildman–Crippen MR) is 300 cm³/mol. The van der Waals surface area contributed by atoms with Gasteiger partial charge in [-0.1, -0.05) is 124 Å². The van der Waals surface area contributed by atoms with E-state index < -0.39 is 75.8 Å². The Labute approximate surface area is 463 Å². The number of thioether (sulfide) groups is 1. The van der Waals surface area contributed by atoms with Gasteiger partial charge >= 0.3 is 18.2 Å². The highest BCUT2D eigenvalue weighted by Gasteiger charge is 2.46. The molecule has 5 N–H and O–H groups in total. The van der Waals surface area contributed by atoms with Crippen LogP contribution < -0.4 is 26.6 Å². The second kappa shape index (κ2) is 25.7. The lowest BCUT2D eigenvalue weighted by Gasteiger charge is -2.36. The molecule has 1 fully saturated rings. The number of rotatable bonds is 18. The van der Waals surface area contributed by atoms with E-state index in [9.17, 15) is 33.6 Å². The zero-order valence-corrected chi connectivity index (χ0v) is 47.4. The Morgan fingerprint density at radius 1 is 0.654 bits per heavy atom. The summed E-state index contributed by atoms with van der Waals surface area (Å²) in [7, 11) is 1.27. The van der Waals surface area contributed by atoms with Gasteiger partial charge < -0.3 is 45.7 Å². The van der Waals surface area contributed by atoms with Crippen LogP contribution in [0.15, 0.2) is 103 Å². The highest BCUT2D eigenvalue weighted by atomic mass is 32.2. The molecule has 0 radical (unpaired) electrons. The van der Waals surface area contributed by atoms with Crippen LogP contribution in [0.25, 0.3) is 0 Å². The lowest BCUT2D eigenvalue weighted by Crippen LogP contribution is -2.60. The molecule has 6 amide bonds. The number of benzene rings is 4. The molecular weight excluding hydrogens is 1010 g/mol. The fraction of sp³-hybridized carbons (Fsp3) is 0.492. The minimum Gasteiger partial charge on any atom is -0.468 e. The summed E-state index contributed by atoms with van der Waals surface area (Å²) < 4.78 is 14.9. The molecule has 1 heterocycles. The fourth-order valence-electron chi connectivity index (χ4n) is 10.6. The van der Waals surface area contributed by atoms with Crippen LogP contribution in [0, 0.1) is 5.41 Å². The van der Waals surface area contributed by atoms with Gasteiger partial charge in [-0.3, -0.25) is 24.0 Å². The van der Waals surface area contributed by atoms with E-state index in [1.807, 2.05) is 112 Å². The number of nitrogens with one attached hydrogen (secondary N) is 5. The second-order valence-electron chi connectivity index (χ2n) is 23.3. The van der Waals surface area contributed by atoms with E-state index in [1.54, 1.807) is 39.5 Å². The molecule has 4 aromatic carbocycles. The molecule has 4 aromatic rings. The van der Waals surface area contributed by atoms with E-state index in [0.717, 1.165) is 71.7 Å². The Balaban J connectivity index is 1.15. The molecule has 0 bridgehead atoms. The number of carbonyl (C=O) groups excluding carboxylic acids is 7. The number of nitrogens with zero attached hydrogens (tertiary/aromatic N) is 1. The van der Waals surface area contributed by atoms with Crippen molar-refractivity contribution in [2.75, 3.05) is 19.4 Å². The summed E-state index contributed by atoms with van der Waals surface area (Å²) in [6.07, 6.45) is 3.81. The summed E-state index contributed by atoms with van der Waals surface area (Å²) in [4.78, 5) is 99.6. The predicted octanol–water partition coefficient (Wildman–Crippen LogP) is 8.71. The standard InChI is InChI=1S/C61H78N6O10S/c1-59(2,3)52(66-57(73)76-36-39-19-11-10-12-20-39)56(72)67-35-43(34-49(67)54(70)63-47-28-18-24-42-22-14-16-26-45(42)47)40-31-29-38(30-32-40)33-48(53(69)62-46-27-17-23-41-21-13-15-25-44(41)46)64-55(71)51(65-58(74)77-60(4,5)6)61(7,8)78-37-50(68)75-9/h10-16,19-22,25-26,29-32,43,46-49,51-52H,17-18,23-24,27-28,33-37H2,1-9H3,(H,62,69)(H,63,70)(H,64,71)(H,65,74)(H,66,73)/t43-,46+,47+,48?,49-,51?,52?/m0/s1. The molecule has 16 nitrogen and oxygen atoms in total. The number of alkyl carbamates (subject to hydrolysis) is 2. The number of hydrogen-bond acceptors (Lipinski definition) is 11. The minimum absolute atomic E-state index is 0.0158. The molecule has 17 heteroatoms. The van der Waals surface area contributed by atoms with Crippen LogP contribution in [-0.2, 0) is 64.1 Å². The zero-order chi connectivity index (χ0) is 56.4. The Morgan fingerprint density at radius 3 is 1.82 bits per heavy atom. The molecule has 78 heavy (non-hydrogen) atoms. The van der Waals surface area contributed by atoms with E-state index in [1.165, 1.54) is 12.7 Å². The van der Waals surface area contributed by atoms with Crippen LogP contribution >= 0.6 is 11.8 Å². The van der Waals surface area contributed by atoms with Crippen LogP contribution in [0.1, 0.15) is 144 Å². The van der Waals surface area contributed by atoms with Crippen molar-refractivity contribution in [1.82, 2.24) is 31.5 Å². The first-order valence-corrected chi connectivity index (χ1v) is 28.1. The Kier molecular flexibility index (Phi) is 19.4. The monoisotopic (exact) mass is 1090 g/mol. The first kappa shape index (κ1) is 58.8. The summed E-state index contributed by atoms with van der Waals surface area (Å²) >= 11 is 1.12. The number of esters is 1. The van der Waals surface area contributed by atoms with E-state index in [4.69, 9.17) is 14.2 Å². The van der Waals surface area contributed by atoms with Gasteiger partial charge in [0.2, 0.25) is 23.6 Å². The average Bonchev–Trinajstić information content (AvgIpc) is 3.86. The van der Waals surface area contributed by atoms with Gasteiger partial charge in [-0.05, 0) is 124 Å². The first-order chi connectivity index (χ1) is 37.0. The fourth-order valence-corrected chi connectivity index (χ4v) is 11.5. The molecule has 0 aromatic heterocycles. The van der Waals surface area contributed by atoms with E-state index >= 15 is 0 Å². The van der Waals surface area contributed by atoms with Crippen molar-refractivity contribution in [3.63, 3.8) is 0 Å². The van der Waals surface area contributed by atoms with Crippen molar-refractivity contribution in [2.45, 2.75) is 166 Å². The third-order valence-corrected chi connectivity index (χ3v) is 16.1. The maximum absolute atomic E-state index is 15.0. The number of hydrogen-bond donors (Lipinski definition) is 5. The molecule has 7 rings (SSSR count). The van der Waals surface area contributed by atoms with Crippen molar-refractivity contribution in [1.29, 1.82) is 0 Å². The SMILES string of the molecule is COC(=O)CSC(C)(C)C(NC(=O)OC(C)(C)C)C(=O)NC(Cc1ccc([C@H]2C[C@@H](C(=O)N[C@@H]3CCCc4ccccc43)N(C(=O)C(NC(=O)OCc3ccccc3)C(C)(C)C)C2)cc1)C(=O)N[C@@H]1CCCc2ccccc21. The van der Waals surface area contributed by atoms with Crippen molar-refractivity contribution < 1.29 is 47.8 Å². The van der Waals surface area contributed by atoms with Crippen LogP contribution in [0.4, 0.5) is 9.59 Å². The molecule has 2 aliphatic carbocycles. The van der Waals surface area contributed by atoms with E-state index in [2.05, 4.69) is 38.7 Å². The van der Waals surface area contributed by atoms with Gasteiger partial charge in [0.05, 0.1) is 24.9 Å². The summed E-state index contributed by atoms with van der Waals surface area (Å²) in [5.74, 6) is -2.67. The first-order valence-electron chi connectivity index (χ1n) is 27.1. The Bertz CT molecular complexity index is 2780. The second-order valence-corrected chi connectivity index (χ2v) is 24.9. The maximum atomic E-state index is 15.0. The van der Waals surface area contributed by atoms with E-state index in [0.29, 0.717) is 18.4 Å². The lowest BCUT2D eigenvalue weighted by atomic mass is 9.85. The summed E-state index contributed by atoms with van der Waals surface area (Å²) in [6.45, 7) is 14.3. The van der Waals surface area contributed by atoms with Crippen LogP contribution in [0.3, 0.4) is 0 Å². The van der Waals surface area contributed by atoms with E-state index in [-0.39, 0.29) is 49.2 Å². The molecule has 0 spiro atoms. The molecular formula is C61H78N6O10S. The summed E-state index contributed by atoms with van der Waals surface area (Å²) in [6, 6.07) is 28.1. The number of carbonyl (C=O) groups is 7. The van der Waals surface area contributed by atoms with Gasteiger partial charge in [0.1, 0.15) is 36.4 Å². The van der Waals surface area contributed by atoms with Crippen LogP contribution in [0.5, 0.6) is 0 Å². The highest BCUT2D eigenvalue weighted by Crippen LogP contribution is 2.37. The average molecular weight is 1090 g/mol. The third kappa shape index (κ3) is 15.7. The summed E-state index contributed by atoms with van der Waals surface area (Å²) in [5, 5.41) is 15.1. The maximum Gasteiger partial charge on any atom is 0.408 e. The smallest absolute Gasteiger partial charge is 0.408 e. The van der Waals surface area contributed by atoms with Crippen LogP contribution in [0.2, 0.25) is 0 Å². The number of fused-ring (bicyclic) bond motifs is 2. The van der Waals surface area contributed by atoms with Crippen molar-refractivity contribution in [3.05, 3.63) is 142 Å². The lowest BCUT2D eigenvalue weighted by molar-refractivity contribution is -0.142. The molecule has 418 valence electrons.